The lowest BCUT2D eigenvalue weighted by Gasteiger charge is -2.06. The quantitative estimate of drug-likeness (QED) is 0.702. The molecule has 0 spiro atoms. The molecule has 0 saturated heterocycles. The summed E-state index contributed by atoms with van der Waals surface area (Å²) in [6.07, 6.45) is 5.36. The maximum atomic E-state index is 12.2. The Balaban J connectivity index is 1.53. The predicted octanol–water partition coefficient (Wildman–Crippen LogP) is 3.04. The fourth-order valence-electron chi connectivity index (χ4n) is 2.17. The highest BCUT2D eigenvalue weighted by Gasteiger charge is 2.07. The molecule has 122 valence electrons. The highest BCUT2D eigenvalue weighted by atomic mass is 32.2. The van der Waals surface area contributed by atoms with Gasteiger partial charge in [-0.15, -0.1) is 11.8 Å². The molecule has 0 unspecified atom stereocenters. The van der Waals surface area contributed by atoms with Crippen molar-refractivity contribution in [1.29, 1.82) is 0 Å². The van der Waals surface area contributed by atoms with Crippen molar-refractivity contribution in [2.75, 3.05) is 0 Å². The zero-order valence-corrected chi connectivity index (χ0v) is 14.2. The van der Waals surface area contributed by atoms with Crippen molar-refractivity contribution in [2.24, 2.45) is 7.05 Å². The molecule has 1 aromatic carbocycles. The summed E-state index contributed by atoms with van der Waals surface area (Å²) in [5, 5.41) is 3.88. The Morgan fingerprint density at radius 3 is 2.62 bits per heavy atom. The largest absolute Gasteiger partial charge is 0.345 e. The van der Waals surface area contributed by atoms with E-state index in [1.165, 1.54) is 0 Å². The first-order valence-corrected chi connectivity index (χ1v) is 8.58. The molecule has 0 atom stereocenters. The Hall–Kier alpha value is -2.60. The van der Waals surface area contributed by atoms with Crippen molar-refractivity contribution in [3.8, 4) is 0 Å². The second-order valence-corrected chi connectivity index (χ2v) is 6.29. The maximum absolute atomic E-state index is 12.2. The summed E-state index contributed by atoms with van der Waals surface area (Å²) in [4.78, 5) is 20.7. The zero-order chi connectivity index (χ0) is 16.8. The number of thioether (sulfide) groups is 1. The fraction of sp³-hybridized carbons (Fsp3) is 0.167. The number of imidazole rings is 1. The molecule has 1 amide bonds. The minimum atomic E-state index is -0.0954. The van der Waals surface area contributed by atoms with Gasteiger partial charge in [-0.25, -0.2) is 9.97 Å². The lowest BCUT2D eigenvalue weighted by Crippen LogP contribution is -2.24. The van der Waals surface area contributed by atoms with Gasteiger partial charge in [-0.3, -0.25) is 4.79 Å². The van der Waals surface area contributed by atoms with Gasteiger partial charge in [0.2, 0.25) is 0 Å². The average Bonchev–Trinajstić information content (AvgIpc) is 3.04. The Morgan fingerprint density at radius 2 is 1.96 bits per heavy atom. The van der Waals surface area contributed by atoms with Crippen LogP contribution in [0.5, 0.6) is 0 Å². The molecule has 0 saturated carbocycles. The maximum Gasteiger partial charge on any atom is 0.251 e. The van der Waals surface area contributed by atoms with E-state index in [1.807, 2.05) is 60.3 Å². The first kappa shape index (κ1) is 16.3. The number of carbonyl (C=O) groups excluding carboxylic acids is 1. The van der Waals surface area contributed by atoms with Gasteiger partial charge in [-0.2, -0.15) is 0 Å². The summed E-state index contributed by atoms with van der Waals surface area (Å²) in [6, 6.07) is 13.5. The number of pyridine rings is 1. The summed E-state index contributed by atoms with van der Waals surface area (Å²) in [7, 11) is 1.91. The van der Waals surface area contributed by atoms with Crippen LogP contribution in [0, 0.1) is 0 Å². The minimum absolute atomic E-state index is 0.0954. The van der Waals surface area contributed by atoms with Gasteiger partial charge < -0.3 is 9.88 Å². The Morgan fingerprint density at radius 1 is 1.12 bits per heavy atom. The molecule has 3 rings (SSSR count). The first-order valence-electron chi connectivity index (χ1n) is 7.59. The molecule has 0 aliphatic heterocycles. The minimum Gasteiger partial charge on any atom is -0.345 e. The van der Waals surface area contributed by atoms with Gasteiger partial charge in [-0.1, -0.05) is 18.2 Å². The normalized spacial score (nSPS) is 10.5. The smallest absolute Gasteiger partial charge is 0.251 e. The lowest BCUT2D eigenvalue weighted by molar-refractivity contribution is 0.0949. The van der Waals surface area contributed by atoms with Crippen LogP contribution in [-0.2, 0) is 19.3 Å². The molecule has 3 aromatic rings. The number of aromatic nitrogens is 3. The van der Waals surface area contributed by atoms with Gasteiger partial charge in [0.15, 0.2) is 0 Å². The summed E-state index contributed by atoms with van der Waals surface area (Å²) in [5.74, 6) is 1.56. The van der Waals surface area contributed by atoms with Crippen molar-refractivity contribution >= 4 is 17.7 Å². The van der Waals surface area contributed by atoms with Crippen LogP contribution in [-0.4, -0.2) is 20.4 Å². The topological polar surface area (TPSA) is 59.8 Å². The summed E-state index contributed by atoms with van der Waals surface area (Å²) < 4.78 is 1.89. The van der Waals surface area contributed by atoms with Crippen LogP contribution in [0.4, 0.5) is 0 Å². The van der Waals surface area contributed by atoms with E-state index in [2.05, 4.69) is 15.3 Å². The molecular weight excluding hydrogens is 320 g/mol. The first-order chi connectivity index (χ1) is 11.7. The van der Waals surface area contributed by atoms with E-state index in [1.54, 1.807) is 24.2 Å². The van der Waals surface area contributed by atoms with E-state index < -0.39 is 0 Å². The van der Waals surface area contributed by atoms with Gasteiger partial charge in [0.25, 0.3) is 5.91 Å². The number of hydrogen-bond acceptors (Lipinski definition) is 4. The number of nitrogens with one attached hydrogen (secondary N) is 1. The van der Waals surface area contributed by atoms with Crippen LogP contribution in [0.3, 0.4) is 0 Å². The standard InChI is InChI=1S/C18H18N4OS/c1-22-11-10-19-16(22)12-21-18(23)15-7-5-14(6-8-15)13-24-17-4-2-3-9-20-17/h2-11H,12-13H2,1H3,(H,21,23). The monoisotopic (exact) mass is 338 g/mol. The van der Waals surface area contributed by atoms with Crippen molar-refractivity contribution in [3.05, 3.63) is 78.0 Å². The van der Waals surface area contributed by atoms with Gasteiger partial charge in [0.05, 0.1) is 11.6 Å². The van der Waals surface area contributed by atoms with Gasteiger partial charge in [-0.05, 0) is 29.8 Å². The van der Waals surface area contributed by atoms with Crippen LogP contribution < -0.4 is 5.32 Å². The third-order valence-electron chi connectivity index (χ3n) is 3.57. The number of hydrogen-bond donors (Lipinski definition) is 1. The van der Waals surface area contributed by atoms with Crippen molar-refractivity contribution in [2.45, 2.75) is 17.3 Å². The third-order valence-corrected chi connectivity index (χ3v) is 4.58. The van der Waals surface area contributed by atoms with Crippen LogP contribution in [0.1, 0.15) is 21.7 Å². The Bertz CT molecular complexity index is 799. The molecule has 2 aromatic heterocycles. The number of nitrogens with zero attached hydrogens (tertiary/aromatic N) is 3. The molecule has 2 heterocycles. The molecule has 1 N–H and O–H groups in total. The number of rotatable bonds is 6. The SMILES string of the molecule is Cn1ccnc1CNC(=O)c1ccc(CSc2ccccn2)cc1. The average molecular weight is 338 g/mol. The molecule has 6 heteroatoms. The van der Waals surface area contributed by atoms with Crippen molar-refractivity contribution in [3.63, 3.8) is 0 Å². The van der Waals surface area contributed by atoms with E-state index in [9.17, 15) is 4.79 Å². The van der Waals surface area contributed by atoms with E-state index in [0.29, 0.717) is 12.1 Å². The van der Waals surface area contributed by atoms with Crippen LogP contribution in [0.2, 0.25) is 0 Å². The highest BCUT2D eigenvalue weighted by molar-refractivity contribution is 7.98. The van der Waals surface area contributed by atoms with E-state index in [4.69, 9.17) is 0 Å². The summed E-state index contributed by atoms with van der Waals surface area (Å²) in [5.41, 5.74) is 1.81. The summed E-state index contributed by atoms with van der Waals surface area (Å²) >= 11 is 1.68. The fourth-order valence-corrected chi connectivity index (χ4v) is 2.99. The molecule has 0 radical (unpaired) electrons. The van der Waals surface area contributed by atoms with Gasteiger partial charge in [0, 0.05) is 37.0 Å². The number of carbonyl (C=O) groups is 1. The number of aryl methyl sites for hydroxylation is 1. The number of amides is 1. The molecule has 0 bridgehead atoms. The molecule has 0 fully saturated rings. The predicted molar refractivity (Wildman–Crippen MR) is 94.6 cm³/mol. The van der Waals surface area contributed by atoms with E-state index in [-0.39, 0.29) is 5.91 Å². The van der Waals surface area contributed by atoms with Crippen molar-refractivity contribution in [1.82, 2.24) is 19.9 Å². The van der Waals surface area contributed by atoms with Crippen LogP contribution >= 0.6 is 11.8 Å². The molecule has 0 aliphatic rings. The third kappa shape index (κ3) is 4.23. The molecule has 5 nitrogen and oxygen atoms in total. The van der Waals surface area contributed by atoms with Crippen molar-refractivity contribution < 1.29 is 4.79 Å². The summed E-state index contributed by atoms with van der Waals surface area (Å²) in [6.45, 7) is 0.416. The van der Waals surface area contributed by atoms with Gasteiger partial charge in [0.1, 0.15) is 5.82 Å². The second kappa shape index (κ2) is 7.79. The van der Waals surface area contributed by atoms with E-state index in [0.717, 1.165) is 22.2 Å². The van der Waals surface area contributed by atoms with Crippen LogP contribution in [0.25, 0.3) is 0 Å². The Labute approximate surface area is 145 Å². The molecule has 24 heavy (non-hydrogen) atoms. The van der Waals surface area contributed by atoms with Crippen LogP contribution in [0.15, 0.2) is 66.1 Å². The second-order valence-electron chi connectivity index (χ2n) is 5.29. The molecule has 0 aliphatic carbocycles. The number of benzene rings is 1. The molecular formula is C18H18N4OS. The highest BCUT2D eigenvalue weighted by Crippen LogP contribution is 2.20. The van der Waals surface area contributed by atoms with Gasteiger partial charge >= 0.3 is 0 Å². The van der Waals surface area contributed by atoms with E-state index >= 15 is 0 Å². The lowest BCUT2D eigenvalue weighted by atomic mass is 10.1. The zero-order valence-electron chi connectivity index (χ0n) is 13.3. The Kier molecular flexibility index (Phi) is 5.28.